The second-order valence-corrected chi connectivity index (χ2v) is 14.5. The Morgan fingerprint density at radius 3 is 1.93 bits per heavy atom. The number of tetrazole rings is 1. The summed E-state index contributed by atoms with van der Waals surface area (Å²) in [6.07, 6.45) is 1.91. The lowest BCUT2D eigenvalue weighted by Crippen LogP contribution is -2.39. The van der Waals surface area contributed by atoms with Crippen LogP contribution in [0, 0.1) is 12.8 Å². The van der Waals surface area contributed by atoms with Gasteiger partial charge >= 0.3 is 6.03 Å². The van der Waals surface area contributed by atoms with Crippen molar-refractivity contribution in [3.8, 4) is 28.3 Å². The standard InChI is InChI=1S/C47H44N6O2/c1-32(2)39-24-15-29-55-44-42(39)30-34(31-43(44)49-46(54)48-38-27-25-33(3)26-28-38)40-22-13-14-23-41(40)45-50-51-52-53(45)47(35-16-7-4-8-17-35,36-18-9-5-10-19-36)37-20-11-6-12-21-37/h4-14,16-23,25-28,30-32,39H,15,24,29H2,1-3H3,(H2,48,49,54). The van der Waals surface area contributed by atoms with Gasteiger partial charge < -0.3 is 15.4 Å². The number of nitrogens with zero attached hydrogens (tertiary/aromatic N) is 4. The molecule has 6 aromatic carbocycles. The molecule has 0 spiro atoms. The summed E-state index contributed by atoms with van der Waals surface area (Å²) < 4.78 is 8.41. The van der Waals surface area contributed by atoms with Crippen LogP contribution in [0.25, 0.3) is 22.5 Å². The highest BCUT2D eigenvalue weighted by Crippen LogP contribution is 2.47. The minimum atomic E-state index is -0.916. The number of hydrogen-bond acceptors (Lipinski definition) is 5. The van der Waals surface area contributed by atoms with Gasteiger partial charge in [-0.05, 0) is 94.1 Å². The molecular formula is C47H44N6O2. The molecule has 1 aliphatic rings. The second-order valence-electron chi connectivity index (χ2n) is 14.5. The number of carbonyl (C=O) groups excluding carboxylic acids is 1. The fourth-order valence-electron chi connectivity index (χ4n) is 8.00. The number of hydrogen-bond donors (Lipinski definition) is 2. The number of amides is 2. The van der Waals surface area contributed by atoms with Crippen LogP contribution in [-0.4, -0.2) is 32.8 Å². The molecule has 274 valence electrons. The SMILES string of the molecule is Cc1ccc(NC(=O)Nc2cc(-c3ccccc3-c3nnnn3C(c3ccccc3)(c3ccccc3)c3ccccc3)cc3c2OCCCC3C(C)C)cc1. The maximum atomic E-state index is 13.6. The van der Waals surface area contributed by atoms with E-state index in [4.69, 9.17) is 15.0 Å². The minimum absolute atomic E-state index is 0.234. The number of ether oxygens (including phenoxy) is 1. The molecule has 7 aromatic rings. The molecule has 0 saturated heterocycles. The first-order chi connectivity index (χ1) is 26.9. The Hall–Kier alpha value is -6.54. The van der Waals surface area contributed by atoms with Crippen LogP contribution in [0.3, 0.4) is 0 Å². The Morgan fingerprint density at radius 2 is 1.33 bits per heavy atom. The number of carbonyl (C=O) groups is 1. The third kappa shape index (κ3) is 6.87. The van der Waals surface area contributed by atoms with Crippen LogP contribution in [0.15, 0.2) is 152 Å². The normalized spacial score (nSPS) is 14.1. The summed E-state index contributed by atoms with van der Waals surface area (Å²) >= 11 is 0. The van der Waals surface area contributed by atoms with Gasteiger partial charge in [-0.2, -0.15) is 0 Å². The van der Waals surface area contributed by atoms with Gasteiger partial charge in [0.2, 0.25) is 0 Å². The second kappa shape index (κ2) is 15.4. The Balaban J connectivity index is 1.32. The fraction of sp³-hybridized carbons (Fsp3) is 0.191. The first kappa shape index (κ1) is 35.5. The quantitative estimate of drug-likeness (QED) is 0.145. The predicted molar refractivity (Wildman–Crippen MR) is 219 cm³/mol. The molecule has 2 N–H and O–H groups in total. The van der Waals surface area contributed by atoms with Gasteiger partial charge in [0.1, 0.15) is 11.3 Å². The van der Waals surface area contributed by atoms with Crippen LogP contribution in [0.2, 0.25) is 0 Å². The van der Waals surface area contributed by atoms with Gasteiger partial charge in [-0.15, -0.1) is 5.10 Å². The molecule has 2 amide bonds. The van der Waals surface area contributed by atoms with E-state index in [1.807, 2.05) is 72.3 Å². The van der Waals surface area contributed by atoms with Crippen LogP contribution in [0.5, 0.6) is 5.75 Å². The molecular weight excluding hydrogens is 681 g/mol. The van der Waals surface area contributed by atoms with Crippen LogP contribution in [0.4, 0.5) is 16.2 Å². The molecule has 0 bridgehead atoms. The van der Waals surface area contributed by atoms with Crippen LogP contribution in [0.1, 0.15) is 60.4 Å². The van der Waals surface area contributed by atoms with Crippen molar-refractivity contribution in [3.05, 3.63) is 179 Å². The highest BCUT2D eigenvalue weighted by Gasteiger charge is 2.42. The maximum Gasteiger partial charge on any atom is 0.323 e. The number of benzene rings is 6. The molecule has 1 aliphatic heterocycles. The zero-order valence-corrected chi connectivity index (χ0v) is 31.3. The van der Waals surface area contributed by atoms with E-state index in [0.29, 0.717) is 29.7 Å². The molecule has 1 aromatic heterocycles. The Labute approximate surface area is 322 Å². The number of rotatable bonds is 9. The molecule has 0 saturated carbocycles. The lowest BCUT2D eigenvalue weighted by molar-refractivity contribution is 0.262. The topological polar surface area (TPSA) is 94.0 Å². The van der Waals surface area contributed by atoms with E-state index in [2.05, 4.69) is 121 Å². The summed E-state index contributed by atoms with van der Waals surface area (Å²) in [5, 5.41) is 20.1. The third-order valence-corrected chi connectivity index (χ3v) is 10.6. The number of aromatic nitrogens is 4. The van der Waals surface area contributed by atoms with E-state index in [1.54, 1.807) is 0 Å². The molecule has 2 heterocycles. The number of aryl methyl sites for hydroxylation is 1. The zero-order chi connectivity index (χ0) is 37.8. The number of urea groups is 1. The largest absolute Gasteiger partial charge is 0.491 e. The van der Waals surface area contributed by atoms with Gasteiger partial charge in [0.05, 0.1) is 12.3 Å². The van der Waals surface area contributed by atoms with Crippen molar-refractivity contribution in [1.29, 1.82) is 0 Å². The van der Waals surface area contributed by atoms with Crippen molar-refractivity contribution < 1.29 is 9.53 Å². The van der Waals surface area contributed by atoms with Gasteiger partial charge in [-0.25, -0.2) is 9.48 Å². The smallest absolute Gasteiger partial charge is 0.323 e. The zero-order valence-electron chi connectivity index (χ0n) is 31.3. The summed E-state index contributed by atoms with van der Waals surface area (Å²) in [5.74, 6) is 1.91. The average Bonchev–Trinajstić information content (AvgIpc) is 3.60. The third-order valence-electron chi connectivity index (χ3n) is 10.6. The monoisotopic (exact) mass is 724 g/mol. The van der Waals surface area contributed by atoms with Gasteiger partial charge in [0.25, 0.3) is 0 Å². The molecule has 55 heavy (non-hydrogen) atoms. The number of anilines is 2. The lowest BCUT2D eigenvalue weighted by atomic mass is 9.77. The Kier molecular flexibility index (Phi) is 9.96. The summed E-state index contributed by atoms with van der Waals surface area (Å²) in [5.41, 5.74) is 8.38. The first-order valence-corrected chi connectivity index (χ1v) is 18.9. The van der Waals surface area contributed by atoms with Gasteiger partial charge in [-0.3, -0.25) is 0 Å². The van der Waals surface area contributed by atoms with Crippen molar-refractivity contribution in [2.45, 2.75) is 45.1 Å². The first-order valence-electron chi connectivity index (χ1n) is 18.9. The van der Waals surface area contributed by atoms with Crippen molar-refractivity contribution in [1.82, 2.24) is 20.2 Å². The van der Waals surface area contributed by atoms with Crippen molar-refractivity contribution >= 4 is 17.4 Å². The predicted octanol–water partition coefficient (Wildman–Crippen LogP) is 10.7. The molecule has 0 fully saturated rings. The maximum absolute atomic E-state index is 13.6. The van der Waals surface area contributed by atoms with E-state index >= 15 is 0 Å². The molecule has 8 heteroatoms. The molecule has 8 nitrogen and oxygen atoms in total. The van der Waals surface area contributed by atoms with Gasteiger partial charge in [0.15, 0.2) is 5.82 Å². The van der Waals surface area contributed by atoms with E-state index < -0.39 is 5.54 Å². The summed E-state index contributed by atoms with van der Waals surface area (Å²) in [4.78, 5) is 13.6. The fourth-order valence-corrected chi connectivity index (χ4v) is 8.00. The molecule has 8 rings (SSSR count). The van der Waals surface area contributed by atoms with Crippen molar-refractivity contribution in [2.24, 2.45) is 5.92 Å². The van der Waals surface area contributed by atoms with Crippen LogP contribution >= 0.6 is 0 Å². The molecule has 1 atom stereocenters. The van der Waals surface area contributed by atoms with E-state index in [9.17, 15) is 4.79 Å². The van der Waals surface area contributed by atoms with Gasteiger partial charge in [-0.1, -0.05) is 147 Å². The van der Waals surface area contributed by atoms with Crippen molar-refractivity contribution in [3.63, 3.8) is 0 Å². The van der Waals surface area contributed by atoms with E-state index in [0.717, 1.165) is 63.1 Å². The summed E-state index contributed by atoms with van der Waals surface area (Å²) in [6, 6.07) is 51.1. The molecule has 0 aliphatic carbocycles. The van der Waals surface area contributed by atoms with Crippen molar-refractivity contribution in [2.75, 3.05) is 17.2 Å². The summed E-state index contributed by atoms with van der Waals surface area (Å²) in [6.45, 7) is 7.11. The number of fused-ring (bicyclic) bond motifs is 1. The van der Waals surface area contributed by atoms with Gasteiger partial charge in [0, 0.05) is 16.8 Å². The van der Waals surface area contributed by atoms with E-state index in [-0.39, 0.29) is 11.9 Å². The van der Waals surface area contributed by atoms with E-state index in [1.165, 1.54) is 0 Å². The van der Waals surface area contributed by atoms with Crippen LogP contribution in [-0.2, 0) is 5.54 Å². The highest BCUT2D eigenvalue weighted by atomic mass is 16.5. The lowest BCUT2D eigenvalue weighted by Gasteiger charge is -2.36. The van der Waals surface area contributed by atoms with Crippen LogP contribution < -0.4 is 15.4 Å². The highest BCUT2D eigenvalue weighted by molar-refractivity contribution is 6.01. The Bertz CT molecular complexity index is 2300. The minimum Gasteiger partial charge on any atom is -0.491 e. The summed E-state index contributed by atoms with van der Waals surface area (Å²) in [7, 11) is 0. The Morgan fingerprint density at radius 1 is 0.745 bits per heavy atom. The molecule has 0 radical (unpaired) electrons. The average molecular weight is 725 g/mol. The molecule has 1 unspecified atom stereocenters. The number of nitrogens with one attached hydrogen (secondary N) is 2.